The third kappa shape index (κ3) is 6.86. The maximum atomic E-state index is 14.1. The lowest BCUT2D eigenvalue weighted by Crippen LogP contribution is -2.43. The molecular formula is C31H40F2N2O8S. The van der Waals surface area contributed by atoms with Gasteiger partial charge in [-0.25, -0.2) is 17.2 Å². The first-order chi connectivity index (χ1) is 20.9. The Morgan fingerprint density at radius 2 is 1.84 bits per heavy atom. The highest BCUT2D eigenvalue weighted by atomic mass is 32.2. The second kappa shape index (κ2) is 13.3. The molecule has 7 atom stereocenters. The number of fused-ring (bicyclic) bond motifs is 1. The van der Waals surface area contributed by atoms with Gasteiger partial charge < -0.3 is 29.8 Å². The summed E-state index contributed by atoms with van der Waals surface area (Å²) in [6.07, 6.45) is -1.47. The van der Waals surface area contributed by atoms with Crippen molar-refractivity contribution in [1.29, 1.82) is 0 Å². The summed E-state index contributed by atoms with van der Waals surface area (Å²) in [6.45, 7) is 4.26. The minimum absolute atomic E-state index is 0.0207. The van der Waals surface area contributed by atoms with Crippen LogP contribution in [0.25, 0.3) is 0 Å². The molecule has 2 aromatic carbocycles. The molecule has 1 aliphatic carbocycles. The van der Waals surface area contributed by atoms with Gasteiger partial charge in [0.05, 0.1) is 43.4 Å². The van der Waals surface area contributed by atoms with Crippen LogP contribution in [0.2, 0.25) is 0 Å². The topological polar surface area (TPSA) is 138 Å². The van der Waals surface area contributed by atoms with Crippen molar-refractivity contribution in [3.8, 4) is 5.75 Å². The Kier molecular flexibility index (Phi) is 9.81. The number of hydrogen-bond donors (Lipinski definition) is 2. The highest BCUT2D eigenvalue weighted by Gasteiger charge is 2.56. The summed E-state index contributed by atoms with van der Waals surface area (Å²) in [5.41, 5.74) is 6.50. The molecule has 3 N–H and O–H groups in total. The molecule has 2 saturated heterocycles. The number of hydrogen-bond acceptors (Lipinski definition) is 9. The van der Waals surface area contributed by atoms with Crippen LogP contribution in [-0.4, -0.2) is 75.7 Å². The summed E-state index contributed by atoms with van der Waals surface area (Å²) in [6, 6.07) is 7.47. The number of esters is 1. The largest absolute Gasteiger partial charge is 0.495 e. The van der Waals surface area contributed by atoms with Crippen molar-refractivity contribution in [1.82, 2.24) is 4.31 Å². The number of carbonyl (C=O) groups excluding carboxylic acids is 1. The van der Waals surface area contributed by atoms with Crippen molar-refractivity contribution in [2.45, 2.75) is 56.5 Å². The van der Waals surface area contributed by atoms with Gasteiger partial charge in [0.25, 0.3) is 0 Å². The Morgan fingerprint density at radius 1 is 1.09 bits per heavy atom. The molecule has 5 rings (SSSR count). The Morgan fingerprint density at radius 3 is 2.55 bits per heavy atom. The minimum Gasteiger partial charge on any atom is -0.495 e. The zero-order valence-electron chi connectivity index (χ0n) is 25.0. The van der Waals surface area contributed by atoms with Crippen LogP contribution in [0, 0.1) is 41.2 Å². The van der Waals surface area contributed by atoms with E-state index in [2.05, 4.69) is 0 Å². The minimum atomic E-state index is -4.14. The molecule has 3 aliphatic rings. The van der Waals surface area contributed by atoms with Crippen LogP contribution in [0.3, 0.4) is 0 Å². The quantitative estimate of drug-likeness (QED) is 0.250. The van der Waals surface area contributed by atoms with Crippen LogP contribution in [0.1, 0.15) is 32.3 Å². The molecule has 1 saturated carbocycles. The molecule has 10 nitrogen and oxygen atoms in total. The van der Waals surface area contributed by atoms with Gasteiger partial charge in [-0.15, -0.1) is 0 Å². The fourth-order valence-corrected chi connectivity index (χ4v) is 8.25. The second-order valence-electron chi connectivity index (χ2n) is 12.4. The van der Waals surface area contributed by atoms with Gasteiger partial charge in [0, 0.05) is 42.8 Å². The number of aliphatic hydroxyl groups is 1. The van der Waals surface area contributed by atoms with Gasteiger partial charge in [0.15, 0.2) is 17.9 Å². The molecule has 44 heavy (non-hydrogen) atoms. The number of nitrogens with zero attached hydrogens (tertiary/aromatic N) is 1. The van der Waals surface area contributed by atoms with E-state index in [9.17, 15) is 27.1 Å². The Balaban J connectivity index is 1.37. The monoisotopic (exact) mass is 638 g/mol. The number of benzene rings is 2. The predicted molar refractivity (Wildman–Crippen MR) is 156 cm³/mol. The number of anilines is 1. The van der Waals surface area contributed by atoms with Crippen molar-refractivity contribution in [2.24, 2.45) is 29.6 Å². The first kappa shape index (κ1) is 32.6. The molecule has 2 bridgehead atoms. The first-order valence-corrected chi connectivity index (χ1v) is 16.3. The van der Waals surface area contributed by atoms with Gasteiger partial charge in [-0.2, -0.15) is 4.31 Å². The molecule has 0 aromatic heterocycles. The summed E-state index contributed by atoms with van der Waals surface area (Å²) in [5, 5.41) is 11.5. The van der Waals surface area contributed by atoms with Crippen LogP contribution >= 0.6 is 0 Å². The number of nitrogens with two attached hydrogens (primary N) is 1. The number of carbonyl (C=O) groups is 1. The van der Waals surface area contributed by atoms with Crippen LogP contribution in [0.15, 0.2) is 41.3 Å². The van der Waals surface area contributed by atoms with E-state index in [1.807, 2.05) is 13.8 Å². The maximum absolute atomic E-state index is 14.1. The third-order valence-corrected chi connectivity index (χ3v) is 10.6. The molecule has 2 aliphatic heterocycles. The fourth-order valence-electron chi connectivity index (χ4n) is 6.61. The molecule has 0 spiro atoms. The van der Waals surface area contributed by atoms with Crippen LogP contribution in [-0.2, 0) is 35.4 Å². The number of halogens is 2. The maximum Gasteiger partial charge on any atom is 0.306 e. The zero-order chi connectivity index (χ0) is 31.8. The normalized spacial score (nSPS) is 25.8. The standard InChI is InChI=1S/C31H40F2N2O8S/c1-17(2)13-35(44(38,39)21-5-7-26(34)28(12-21)40-3)14-27(36)19(8-18-4-6-24(32)25(33)9-18)11-29(37)43-30-20-10-22-23(30)16-42-31(22)41-15-20/h4-7,9,12,17,19-20,22-23,27,30-31,36H,8,10-11,13-16,34H2,1-3H3/t19-,20?,22?,23?,27-,30?,31?/m1/s1. The predicted octanol–water partition coefficient (Wildman–Crippen LogP) is 3.36. The van der Waals surface area contributed by atoms with E-state index in [1.165, 1.54) is 31.4 Å². The van der Waals surface area contributed by atoms with E-state index in [0.717, 1.165) is 22.9 Å². The summed E-state index contributed by atoms with van der Waals surface area (Å²) >= 11 is 0. The van der Waals surface area contributed by atoms with Crippen molar-refractivity contribution in [2.75, 3.05) is 39.1 Å². The van der Waals surface area contributed by atoms with E-state index in [0.29, 0.717) is 18.8 Å². The van der Waals surface area contributed by atoms with E-state index in [1.54, 1.807) is 0 Å². The smallest absolute Gasteiger partial charge is 0.306 e. The van der Waals surface area contributed by atoms with Crippen LogP contribution < -0.4 is 10.5 Å². The van der Waals surface area contributed by atoms with Gasteiger partial charge in [-0.1, -0.05) is 19.9 Å². The first-order valence-electron chi connectivity index (χ1n) is 14.9. The molecule has 0 radical (unpaired) electrons. The lowest BCUT2D eigenvalue weighted by atomic mass is 9.90. The van der Waals surface area contributed by atoms with Crippen LogP contribution in [0.4, 0.5) is 14.5 Å². The SMILES string of the molecule is COc1cc(S(=O)(=O)N(CC(C)C)C[C@@H](O)[C@@H](CC(=O)OC2C3COC4OCC2C4C3)Cc2ccc(F)c(F)c2)ccc1N. The van der Waals surface area contributed by atoms with Gasteiger partial charge in [0.1, 0.15) is 11.9 Å². The number of sulfonamides is 1. The Labute approximate surface area is 256 Å². The molecule has 2 heterocycles. The molecule has 0 amide bonds. The number of aliphatic hydroxyl groups excluding tert-OH is 1. The fraction of sp³-hybridized carbons (Fsp3) is 0.581. The van der Waals surface area contributed by atoms with Crippen molar-refractivity contribution in [3.63, 3.8) is 0 Å². The highest BCUT2D eigenvalue weighted by molar-refractivity contribution is 7.89. The number of rotatable bonds is 13. The summed E-state index contributed by atoms with van der Waals surface area (Å²) in [4.78, 5) is 13.3. The van der Waals surface area contributed by atoms with Gasteiger partial charge in [-0.3, -0.25) is 4.79 Å². The number of methoxy groups -OCH3 is 1. The summed E-state index contributed by atoms with van der Waals surface area (Å²) < 4.78 is 79.1. The lowest BCUT2D eigenvalue weighted by Gasteiger charge is -2.31. The molecule has 13 heteroatoms. The average Bonchev–Trinajstić information content (AvgIpc) is 3.50. The van der Waals surface area contributed by atoms with E-state index in [-0.39, 0.29) is 78.3 Å². The summed E-state index contributed by atoms with van der Waals surface area (Å²) in [7, 11) is -2.76. The molecular weight excluding hydrogens is 598 g/mol. The molecule has 242 valence electrons. The Hall–Kier alpha value is -2.84. The zero-order valence-corrected chi connectivity index (χ0v) is 25.8. The second-order valence-corrected chi connectivity index (χ2v) is 14.4. The highest BCUT2D eigenvalue weighted by Crippen LogP contribution is 2.49. The van der Waals surface area contributed by atoms with Gasteiger partial charge in [-0.05, 0) is 48.6 Å². The molecule has 2 aromatic rings. The van der Waals surface area contributed by atoms with Crippen molar-refractivity contribution >= 4 is 21.7 Å². The van der Waals surface area contributed by atoms with E-state index in [4.69, 9.17) is 24.7 Å². The van der Waals surface area contributed by atoms with E-state index >= 15 is 0 Å². The Bertz CT molecular complexity index is 1460. The average molecular weight is 639 g/mol. The van der Waals surface area contributed by atoms with Gasteiger partial charge >= 0.3 is 5.97 Å². The van der Waals surface area contributed by atoms with Crippen LogP contribution in [0.5, 0.6) is 5.75 Å². The van der Waals surface area contributed by atoms with Gasteiger partial charge in [0.2, 0.25) is 10.0 Å². The number of ether oxygens (including phenoxy) is 4. The molecule has 5 unspecified atom stereocenters. The van der Waals surface area contributed by atoms with Crippen molar-refractivity contribution in [3.05, 3.63) is 53.6 Å². The molecule has 3 fully saturated rings. The third-order valence-electron chi connectivity index (χ3n) is 8.81. The van der Waals surface area contributed by atoms with E-state index < -0.39 is 39.6 Å². The lowest BCUT2D eigenvalue weighted by molar-refractivity contribution is -0.178. The number of nitrogen functional groups attached to an aromatic ring is 1. The summed E-state index contributed by atoms with van der Waals surface area (Å²) in [5.74, 6) is -3.21. The van der Waals surface area contributed by atoms with Crippen molar-refractivity contribution < 1.29 is 46.0 Å².